The van der Waals surface area contributed by atoms with Crippen LogP contribution >= 0.6 is 15.9 Å². The number of carbonyl (C=O) groups excluding carboxylic acids is 2. The summed E-state index contributed by atoms with van der Waals surface area (Å²) in [5.74, 6) is -0.372. The van der Waals surface area contributed by atoms with E-state index in [1.165, 1.54) is 4.31 Å². The summed E-state index contributed by atoms with van der Waals surface area (Å²) in [6, 6.07) is 3.48. The Morgan fingerprint density at radius 2 is 1.81 bits per heavy atom. The zero-order valence-electron chi connectivity index (χ0n) is 18.2. The van der Waals surface area contributed by atoms with Crippen LogP contribution in [0.3, 0.4) is 0 Å². The third-order valence-electron chi connectivity index (χ3n) is 6.32. The van der Waals surface area contributed by atoms with Gasteiger partial charge in [0.05, 0.1) is 18.9 Å². The third kappa shape index (κ3) is 4.72. The van der Waals surface area contributed by atoms with Gasteiger partial charge in [-0.2, -0.15) is 4.31 Å². The van der Waals surface area contributed by atoms with E-state index in [1.54, 1.807) is 17.9 Å². The van der Waals surface area contributed by atoms with Crippen molar-refractivity contribution in [3.8, 4) is 0 Å². The van der Waals surface area contributed by atoms with Gasteiger partial charge in [-0.1, -0.05) is 22.9 Å². The molecule has 1 aromatic carbocycles. The number of halogens is 1. The number of hydrogen-bond donors (Lipinski definition) is 1. The normalized spacial score (nSPS) is 20.9. The molecule has 11 heteroatoms. The number of anilines is 1. The number of fused-ring (bicyclic) bond motifs is 1. The predicted octanol–water partition coefficient (Wildman–Crippen LogP) is 1.51. The molecule has 0 radical (unpaired) electrons. The SMILES string of the molecule is CCC(=O)N1CCc2cc(Br)cc(S(=O)(=O)N3CCC(C(=O)NN4CCOCC4)CC3)c21. The third-order valence-corrected chi connectivity index (χ3v) is 8.69. The van der Waals surface area contributed by atoms with Crippen LogP contribution in [-0.4, -0.2) is 75.5 Å². The number of benzene rings is 1. The van der Waals surface area contributed by atoms with Crippen LogP contribution in [0.5, 0.6) is 0 Å². The van der Waals surface area contributed by atoms with Gasteiger partial charge in [0, 0.05) is 49.5 Å². The Bertz CT molecular complexity index is 988. The molecule has 0 unspecified atom stereocenters. The van der Waals surface area contributed by atoms with Gasteiger partial charge < -0.3 is 9.64 Å². The Balaban J connectivity index is 1.48. The Labute approximate surface area is 197 Å². The molecule has 4 rings (SSSR count). The van der Waals surface area contributed by atoms with E-state index >= 15 is 0 Å². The summed E-state index contributed by atoms with van der Waals surface area (Å²) < 4.78 is 34.6. The van der Waals surface area contributed by atoms with Gasteiger partial charge in [0.2, 0.25) is 21.8 Å². The molecule has 2 saturated heterocycles. The van der Waals surface area contributed by atoms with Crippen molar-refractivity contribution in [3.05, 3.63) is 22.2 Å². The fourth-order valence-corrected chi connectivity index (χ4v) is 6.91. The van der Waals surface area contributed by atoms with Gasteiger partial charge in [-0.15, -0.1) is 0 Å². The predicted molar refractivity (Wildman–Crippen MR) is 123 cm³/mol. The second-order valence-electron chi connectivity index (χ2n) is 8.31. The lowest BCUT2D eigenvalue weighted by molar-refractivity contribution is -0.133. The Kier molecular flexibility index (Phi) is 7.21. The van der Waals surface area contributed by atoms with Crippen LogP contribution in [0.4, 0.5) is 5.69 Å². The molecule has 1 N–H and O–H groups in total. The minimum Gasteiger partial charge on any atom is -0.379 e. The highest BCUT2D eigenvalue weighted by Crippen LogP contribution is 2.39. The highest BCUT2D eigenvalue weighted by Gasteiger charge is 2.37. The molecule has 0 spiro atoms. The Hall–Kier alpha value is -1.53. The first kappa shape index (κ1) is 23.6. The van der Waals surface area contributed by atoms with Crippen molar-refractivity contribution in [1.82, 2.24) is 14.7 Å². The molecule has 0 aromatic heterocycles. The van der Waals surface area contributed by atoms with Crippen molar-refractivity contribution in [1.29, 1.82) is 0 Å². The number of carbonyl (C=O) groups is 2. The highest BCUT2D eigenvalue weighted by atomic mass is 79.9. The topological polar surface area (TPSA) is 99.3 Å². The first-order chi connectivity index (χ1) is 15.3. The Morgan fingerprint density at radius 1 is 1.12 bits per heavy atom. The van der Waals surface area contributed by atoms with Crippen LogP contribution in [0.2, 0.25) is 0 Å². The van der Waals surface area contributed by atoms with Gasteiger partial charge in [-0.25, -0.2) is 13.4 Å². The maximum Gasteiger partial charge on any atom is 0.245 e. The summed E-state index contributed by atoms with van der Waals surface area (Å²) in [6.45, 7) is 5.29. The molecule has 0 bridgehead atoms. The van der Waals surface area contributed by atoms with Crippen LogP contribution in [0, 0.1) is 5.92 Å². The van der Waals surface area contributed by atoms with Crippen molar-refractivity contribution in [2.45, 2.75) is 37.5 Å². The van der Waals surface area contributed by atoms with Crippen molar-refractivity contribution in [2.24, 2.45) is 5.92 Å². The standard InChI is InChI=1S/C21H29BrN4O5S/c1-2-19(27)26-8-5-16-13-17(22)14-18(20(16)26)32(29,30)25-6-3-15(4-7-25)21(28)23-24-9-11-31-12-10-24/h13-15H,2-12H2,1H3,(H,23,28). The number of ether oxygens (including phenoxy) is 1. The first-order valence-corrected chi connectivity index (χ1v) is 13.3. The van der Waals surface area contributed by atoms with Gasteiger partial charge in [0.25, 0.3) is 0 Å². The number of piperidine rings is 1. The quantitative estimate of drug-likeness (QED) is 0.621. The van der Waals surface area contributed by atoms with E-state index < -0.39 is 10.0 Å². The van der Waals surface area contributed by atoms with Gasteiger partial charge in [-0.3, -0.25) is 15.0 Å². The highest BCUT2D eigenvalue weighted by molar-refractivity contribution is 9.10. The molecule has 2 amide bonds. The second kappa shape index (κ2) is 9.76. The Morgan fingerprint density at radius 3 is 2.47 bits per heavy atom. The summed E-state index contributed by atoms with van der Waals surface area (Å²) in [4.78, 5) is 26.8. The van der Waals surface area contributed by atoms with E-state index in [2.05, 4.69) is 21.4 Å². The van der Waals surface area contributed by atoms with Crippen LogP contribution < -0.4 is 10.3 Å². The van der Waals surface area contributed by atoms with E-state index in [9.17, 15) is 18.0 Å². The molecule has 9 nitrogen and oxygen atoms in total. The van der Waals surface area contributed by atoms with Gasteiger partial charge in [0.1, 0.15) is 4.90 Å². The van der Waals surface area contributed by atoms with E-state index in [0.717, 1.165) is 5.56 Å². The summed E-state index contributed by atoms with van der Waals surface area (Å²) in [5, 5.41) is 1.86. The van der Waals surface area contributed by atoms with Crippen LogP contribution in [-0.2, 0) is 30.8 Å². The summed E-state index contributed by atoms with van der Waals surface area (Å²) in [6.07, 6.45) is 1.87. The van der Waals surface area contributed by atoms with E-state index in [-0.39, 0.29) is 35.7 Å². The summed E-state index contributed by atoms with van der Waals surface area (Å²) >= 11 is 3.43. The maximum absolute atomic E-state index is 13.6. The summed E-state index contributed by atoms with van der Waals surface area (Å²) in [7, 11) is -3.81. The van der Waals surface area contributed by atoms with Crippen molar-refractivity contribution in [3.63, 3.8) is 0 Å². The van der Waals surface area contributed by atoms with Crippen molar-refractivity contribution < 1.29 is 22.7 Å². The lowest BCUT2D eigenvalue weighted by Crippen LogP contribution is -2.51. The molecule has 32 heavy (non-hydrogen) atoms. The van der Waals surface area contributed by atoms with E-state index in [0.29, 0.717) is 68.7 Å². The van der Waals surface area contributed by atoms with Gasteiger partial charge in [-0.05, 0) is 37.0 Å². The summed E-state index contributed by atoms with van der Waals surface area (Å²) in [5.41, 5.74) is 4.30. The number of sulfonamides is 1. The van der Waals surface area contributed by atoms with Gasteiger partial charge in [0.15, 0.2) is 0 Å². The molecular weight excluding hydrogens is 500 g/mol. The number of amides is 2. The average molecular weight is 529 g/mol. The lowest BCUT2D eigenvalue weighted by atomic mass is 9.97. The molecule has 1 aromatic rings. The molecule has 0 saturated carbocycles. The number of hydrogen-bond acceptors (Lipinski definition) is 6. The molecular formula is C21H29BrN4O5S. The average Bonchev–Trinajstić information content (AvgIpc) is 3.22. The van der Waals surface area contributed by atoms with Crippen LogP contribution in [0.25, 0.3) is 0 Å². The van der Waals surface area contributed by atoms with E-state index in [4.69, 9.17) is 4.74 Å². The number of nitrogens with one attached hydrogen (secondary N) is 1. The zero-order chi connectivity index (χ0) is 22.9. The molecule has 0 atom stereocenters. The molecule has 3 aliphatic rings. The minimum atomic E-state index is -3.81. The van der Waals surface area contributed by atoms with E-state index in [1.807, 2.05) is 11.1 Å². The van der Waals surface area contributed by atoms with Crippen LogP contribution in [0.1, 0.15) is 31.7 Å². The van der Waals surface area contributed by atoms with Crippen LogP contribution in [0.15, 0.2) is 21.5 Å². The fourth-order valence-electron chi connectivity index (χ4n) is 4.53. The smallest absolute Gasteiger partial charge is 0.245 e. The number of hydrazine groups is 1. The zero-order valence-corrected chi connectivity index (χ0v) is 20.6. The first-order valence-electron chi connectivity index (χ1n) is 11.1. The fraction of sp³-hybridized carbons (Fsp3) is 0.619. The number of nitrogens with zero attached hydrogens (tertiary/aromatic N) is 3. The van der Waals surface area contributed by atoms with Crippen molar-refractivity contribution >= 4 is 43.5 Å². The molecule has 0 aliphatic carbocycles. The largest absolute Gasteiger partial charge is 0.379 e. The number of morpholine rings is 1. The lowest BCUT2D eigenvalue weighted by Gasteiger charge is -2.33. The molecule has 2 fully saturated rings. The maximum atomic E-state index is 13.6. The molecule has 176 valence electrons. The molecule has 3 heterocycles. The van der Waals surface area contributed by atoms with Gasteiger partial charge >= 0.3 is 0 Å². The molecule has 3 aliphatic heterocycles. The monoisotopic (exact) mass is 528 g/mol. The minimum absolute atomic E-state index is 0.0630. The number of rotatable bonds is 5. The van der Waals surface area contributed by atoms with Crippen molar-refractivity contribution in [2.75, 3.05) is 50.8 Å². The second-order valence-corrected chi connectivity index (χ2v) is 11.1.